The largest absolute Gasteiger partial charge is 0.379 e. The minimum atomic E-state index is 0.569. The van der Waals surface area contributed by atoms with Crippen LogP contribution < -0.4 is 4.90 Å². The molecule has 5 nitrogen and oxygen atoms in total. The number of aromatic nitrogens is 1. The maximum atomic E-state index is 9.23. The number of morpholine rings is 1. The lowest BCUT2D eigenvalue weighted by Crippen LogP contribution is -2.51. The molecule has 0 amide bonds. The lowest BCUT2D eigenvalue weighted by Gasteiger charge is -2.41. The predicted octanol–water partition coefficient (Wildman–Crippen LogP) is 1.25. The molecule has 1 aromatic heterocycles. The molecule has 2 aliphatic heterocycles. The lowest BCUT2D eigenvalue weighted by molar-refractivity contribution is 0.0137. The van der Waals surface area contributed by atoms with Gasteiger partial charge in [0.15, 0.2) is 0 Å². The van der Waals surface area contributed by atoms with Gasteiger partial charge in [0, 0.05) is 38.4 Å². The molecule has 2 fully saturated rings. The smallest absolute Gasteiger partial charge is 0.101 e. The van der Waals surface area contributed by atoms with E-state index in [0.29, 0.717) is 6.04 Å². The summed E-state index contributed by atoms with van der Waals surface area (Å²) in [5, 5.41) is 9.23. The van der Waals surface area contributed by atoms with Gasteiger partial charge in [0.25, 0.3) is 0 Å². The molecule has 1 atom stereocenters. The number of hydrogen-bond donors (Lipinski definition) is 0. The fraction of sp³-hybridized carbons (Fsp3) is 0.600. The number of pyridine rings is 1. The second kappa shape index (κ2) is 6.21. The second-order valence-electron chi connectivity index (χ2n) is 5.40. The first-order valence-corrected chi connectivity index (χ1v) is 7.29. The van der Waals surface area contributed by atoms with Gasteiger partial charge in [0.1, 0.15) is 6.07 Å². The monoisotopic (exact) mass is 272 g/mol. The Morgan fingerprint density at radius 3 is 2.95 bits per heavy atom. The van der Waals surface area contributed by atoms with Crippen molar-refractivity contribution in [3.8, 4) is 6.07 Å². The average molecular weight is 272 g/mol. The molecule has 0 N–H and O–H groups in total. The third-order valence-electron chi connectivity index (χ3n) is 4.22. The van der Waals surface area contributed by atoms with Crippen LogP contribution in [0.4, 0.5) is 5.69 Å². The minimum Gasteiger partial charge on any atom is -0.379 e. The standard InChI is InChI=1S/C15H20N4O/c16-10-13-3-4-17-11-15(13)19-5-1-2-14(12-19)18-6-8-20-9-7-18/h3-4,11,14H,1-2,5-9,12H2. The van der Waals surface area contributed by atoms with Gasteiger partial charge in [0.05, 0.1) is 30.7 Å². The molecule has 0 spiro atoms. The Bertz CT molecular complexity index is 493. The van der Waals surface area contributed by atoms with E-state index in [2.05, 4.69) is 20.9 Å². The van der Waals surface area contributed by atoms with E-state index in [1.807, 2.05) is 6.20 Å². The summed E-state index contributed by atoms with van der Waals surface area (Å²) in [5.41, 5.74) is 1.70. The number of ether oxygens (including phenoxy) is 1. The van der Waals surface area contributed by atoms with E-state index in [1.165, 1.54) is 12.8 Å². The van der Waals surface area contributed by atoms with Crippen LogP contribution in [0.15, 0.2) is 18.5 Å². The SMILES string of the molecule is N#Cc1ccncc1N1CCCC(N2CCOCC2)C1. The third kappa shape index (κ3) is 2.77. The van der Waals surface area contributed by atoms with Gasteiger partial charge in [-0.15, -0.1) is 0 Å². The number of piperidine rings is 1. The van der Waals surface area contributed by atoms with Crippen LogP contribution in [0.2, 0.25) is 0 Å². The molecule has 2 aliphatic rings. The Kier molecular flexibility index (Phi) is 4.14. The van der Waals surface area contributed by atoms with E-state index < -0.39 is 0 Å². The molecule has 1 unspecified atom stereocenters. The predicted molar refractivity (Wildman–Crippen MR) is 76.6 cm³/mol. The first kappa shape index (κ1) is 13.3. The normalized spacial score (nSPS) is 24.4. The average Bonchev–Trinajstić information content (AvgIpc) is 2.56. The van der Waals surface area contributed by atoms with E-state index in [1.54, 1.807) is 12.3 Å². The van der Waals surface area contributed by atoms with Gasteiger partial charge in [-0.1, -0.05) is 0 Å². The molecule has 3 heterocycles. The highest BCUT2D eigenvalue weighted by molar-refractivity contribution is 5.57. The van der Waals surface area contributed by atoms with Gasteiger partial charge in [-0.25, -0.2) is 0 Å². The zero-order chi connectivity index (χ0) is 13.8. The maximum Gasteiger partial charge on any atom is 0.101 e. The third-order valence-corrected chi connectivity index (χ3v) is 4.22. The van der Waals surface area contributed by atoms with E-state index in [0.717, 1.165) is 50.6 Å². The summed E-state index contributed by atoms with van der Waals surface area (Å²) < 4.78 is 5.43. The maximum absolute atomic E-state index is 9.23. The molecule has 20 heavy (non-hydrogen) atoms. The molecule has 0 bridgehead atoms. The number of nitrogens with zero attached hydrogens (tertiary/aromatic N) is 4. The first-order chi connectivity index (χ1) is 9.88. The van der Waals surface area contributed by atoms with E-state index >= 15 is 0 Å². The zero-order valence-corrected chi connectivity index (χ0v) is 11.7. The van der Waals surface area contributed by atoms with Gasteiger partial charge in [-0.05, 0) is 18.9 Å². The first-order valence-electron chi connectivity index (χ1n) is 7.29. The van der Waals surface area contributed by atoms with Crippen LogP contribution in [0.1, 0.15) is 18.4 Å². The molecule has 106 valence electrons. The number of rotatable bonds is 2. The Morgan fingerprint density at radius 1 is 1.30 bits per heavy atom. The highest BCUT2D eigenvalue weighted by atomic mass is 16.5. The summed E-state index contributed by atoms with van der Waals surface area (Å²) in [4.78, 5) is 9.02. The highest BCUT2D eigenvalue weighted by Gasteiger charge is 2.27. The van der Waals surface area contributed by atoms with Crippen molar-refractivity contribution in [2.24, 2.45) is 0 Å². The van der Waals surface area contributed by atoms with Crippen molar-refractivity contribution in [3.63, 3.8) is 0 Å². The van der Waals surface area contributed by atoms with E-state index in [4.69, 9.17) is 4.74 Å². The van der Waals surface area contributed by atoms with Crippen molar-refractivity contribution in [1.82, 2.24) is 9.88 Å². The van der Waals surface area contributed by atoms with Gasteiger partial charge < -0.3 is 9.64 Å². The molecule has 0 aliphatic carbocycles. The topological polar surface area (TPSA) is 52.4 Å². The van der Waals surface area contributed by atoms with Crippen molar-refractivity contribution < 1.29 is 4.74 Å². The molecule has 0 saturated carbocycles. The van der Waals surface area contributed by atoms with Gasteiger partial charge >= 0.3 is 0 Å². The van der Waals surface area contributed by atoms with Gasteiger partial charge in [0.2, 0.25) is 0 Å². The van der Waals surface area contributed by atoms with Gasteiger partial charge in [-0.2, -0.15) is 5.26 Å². The van der Waals surface area contributed by atoms with Crippen LogP contribution in [0.5, 0.6) is 0 Å². The fourth-order valence-corrected chi connectivity index (χ4v) is 3.15. The Morgan fingerprint density at radius 2 is 2.15 bits per heavy atom. The lowest BCUT2D eigenvalue weighted by atomic mass is 10.0. The summed E-state index contributed by atoms with van der Waals surface area (Å²) >= 11 is 0. The van der Waals surface area contributed by atoms with Crippen molar-refractivity contribution in [1.29, 1.82) is 5.26 Å². The molecule has 5 heteroatoms. The minimum absolute atomic E-state index is 0.569. The van der Waals surface area contributed by atoms with Crippen LogP contribution in [0, 0.1) is 11.3 Å². The Labute approximate surface area is 119 Å². The summed E-state index contributed by atoms with van der Waals surface area (Å²) in [7, 11) is 0. The van der Waals surface area contributed by atoms with Crippen LogP contribution in [0.25, 0.3) is 0 Å². The summed E-state index contributed by atoms with van der Waals surface area (Å²) in [6, 6.07) is 4.64. The van der Waals surface area contributed by atoms with E-state index in [-0.39, 0.29) is 0 Å². The van der Waals surface area contributed by atoms with Gasteiger partial charge in [-0.3, -0.25) is 9.88 Å². The van der Waals surface area contributed by atoms with Crippen LogP contribution in [-0.4, -0.2) is 55.3 Å². The van der Waals surface area contributed by atoms with E-state index in [9.17, 15) is 5.26 Å². The van der Waals surface area contributed by atoms with Crippen LogP contribution >= 0.6 is 0 Å². The van der Waals surface area contributed by atoms with Crippen molar-refractivity contribution in [2.45, 2.75) is 18.9 Å². The van der Waals surface area contributed by atoms with Crippen molar-refractivity contribution in [2.75, 3.05) is 44.3 Å². The zero-order valence-electron chi connectivity index (χ0n) is 11.7. The highest BCUT2D eigenvalue weighted by Crippen LogP contribution is 2.25. The van der Waals surface area contributed by atoms with Crippen LogP contribution in [-0.2, 0) is 4.74 Å². The molecule has 0 radical (unpaired) electrons. The van der Waals surface area contributed by atoms with Crippen LogP contribution in [0.3, 0.4) is 0 Å². The molecule has 1 aromatic rings. The van der Waals surface area contributed by atoms with Crippen molar-refractivity contribution in [3.05, 3.63) is 24.0 Å². The molecule has 3 rings (SSSR count). The molecular formula is C15H20N4O. The summed E-state index contributed by atoms with van der Waals surface area (Å²) in [6.45, 7) is 5.73. The molecular weight excluding hydrogens is 252 g/mol. The number of anilines is 1. The van der Waals surface area contributed by atoms with Crippen molar-refractivity contribution >= 4 is 5.69 Å². The molecule has 0 aromatic carbocycles. The molecule has 2 saturated heterocycles. The summed E-state index contributed by atoms with van der Waals surface area (Å²) in [5.74, 6) is 0. The number of nitriles is 1. The Balaban J connectivity index is 1.73. The number of hydrogen-bond acceptors (Lipinski definition) is 5. The summed E-state index contributed by atoms with van der Waals surface area (Å²) in [6.07, 6.45) is 5.91. The quantitative estimate of drug-likeness (QED) is 0.811. The fourth-order valence-electron chi connectivity index (χ4n) is 3.15. The second-order valence-corrected chi connectivity index (χ2v) is 5.40. The Hall–Kier alpha value is -1.64.